The molecule has 1 aliphatic rings. The van der Waals surface area contributed by atoms with Crippen LogP contribution in [0.2, 0.25) is 0 Å². The van der Waals surface area contributed by atoms with Gasteiger partial charge in [-0.25, -0.2) is 0 Å². The van der Waals surface area contributed by atoms with Crippen molar-refractivity contribution in [2.75, 3.05) is 0 Å². The second kappa shape index (κ2) is 8.49. The van der Waals surface area contributed by atoms with E-state index >= 15 is 0 Å². The molecule has 150 valence electrons. The lowest BCUT2D eigenvalue weighted by Crippen LogP contribution is -2.24. The van der Waals surface area contributed by atoms with Crippen LogP contribution < -0.4 is 0 Å². The second-order valence-corrected chi connectivity index (χ2v) is 8.74. The van der Waals surface area contributed by atoms with Crippen LogP contribution in [0.15, 0.2) is 120 Å². The van der Waals surface area contributed by atoms with Crippen molar-refractivity contribution in [3.63, 3.8) is 0 Å². The van der Waals surface area contributed by atoms with Crippen molar-refractivity contribution >= 4 is 27.3 Å². The predicted molar refractivity (Wildman–Crippen MR) is 130 cm³/mol. The first-order chi connectivity index (χ1) is 15.2. The van der Waals surface area contributed by atoms with E-state index in [1.165, 1.54) is 5.57 Å². The Balaban J connectivity index is 1.75. The minimum Gasteiger partial charge on any atom is -0.293 e. The summed E-state index contributed by atoms with van der Waals surface area (Å²) in [6, 6.07) is 36.7. The molecule has 2 heteroatoms. The van der Waals surface area contributed by atoms with Gasteiger partial charge in [0.25, 0.3) is 0 Å². The van der Waals surface area contributed by atoms with Gasteiger partial charge < -0.3 is 0 Å². The molecule has 2 atom stereocenters. The van der Waals surface area contributed by atoms with E-state index in [1.54, 1.807) is 0 Å². The lowest BCUT2D eigenvalue weighted by atomic mass is 9.69. The van der Waals surface area contributed by atoms with E-state index in [4.69, 9.17) is 0 Å². The monoisotopic (exact) mass is 464 g/mol. The normalized spacial score (nSPS) is 17.5. The predicted octanol–water partition coefficient (Wildman–Crippen LogP) is 7.64. The minimum absolute atomic E-state index is 0.0437. The molecule has 0 bridgehead atoms. The number of hydrogen-bond donors (Lipinski definition) is 0. The lowest BCUT2D eigenvalue weighted by molar-refractivity contribution is 0.0952. The van der Waals surface area contributed by atoms with Crippen molar-refractivity contribution in [1.82, 2.24) is 0 Å². The zero-order chi connectivity index (χ0) is 21.2. The van der Waals surface area contributed by atoms with Gasteiger partial charge in [-0.05, 0) is 40.0 Å². The maximum absolute atomic E-state index is 13.8. The number of rotatable bonds is 4. The average molecular weight is 465 g/mol. The molecule has 1 aliphatic carbocycles. The van der Waals surface area contributed by atoms with Crippen LogP contribution in [0, 0.1) is 0 Å². The summed E-state index contributed by atoms with van der Waals surface area (Å²) < 4.78 is 1.01. The number of carbonyl (C=O) groups excluding carboxylic acids is 1. The molecule has 31 heavy (non-hydrogen) atoms. The highest BCUT2D eigenvalue weighted by atomic mass is 79.9. The third-order valence-corrected chi connectivity index (χ3v) is 6.45. The number of ketones is 1. The summed E-state index contributed by atoms with van der Waals surface area (Å²) >= 11 is 3.64. The van der Waals surface area contributed by atoms with Crippen LogP contribution in [0.25, 0.3) is 5.57 Å². The van der Waals surface area contributed by atoms with Gasteiger partial charge in [0, 0.05) is 16.0 Å². The third-order valence-electron chi connectivity index (χ3n) is 5.96. The fourth-order valence-electron chi connectivity index (χ4n) is 4.51. The Bertz CT molecular complexity index is 1240. The molecule has 0 unspecified atom stereocenters. The van der Waals surface area contributed by atoms with Gasteiger partial charge in [0.1, 0.15) is 0 Å². The summed E-state index contributed by atoms with van der Waals surface area (Å²) in [4.78, 5) is 13.8. The van der Waals surface area contributed by atoms with Crippen LogP contribution >= 0.6 is 15.9 Å². The van der Waals surface area contributed by atoms with Crippen molar-refractivity contribution in [2.24, 2.45) is 0 Å². The summed E-state index contributed by atoms with van der Waals surface area (Å²) in [5.41, 5.74) is 6.42. The fraction of sp³-hybridized carbons (Fsp3) is 0.0690. The van der Waals surface area contributed by atoms with E-state index < -0.39 is 0 Å². The number of halogens is 1. The highest BCUT2D eigenvalue weighted by Crippen LogP contribution is 2.47. The van der Waals surface area contributed by atoms with Gasteiger partial charge in [-0.2, -0.15) is 0 Å². The van der Waals surface area contributed by atoms with E-state index in [9.17, 15) is 4.79 Å². The van der Waals surface area contributed by atoms with Gasteiger partial charge in [0.2, 0.25) is 0 Å². The number of fused-ring (bicyclic) bond motifs is 1. The SMILES string of the molecule is O=C(c1ccccc1)[C@@H]1c2ccc(Br)cc2C(c2ccccc2)=C[C@H]1c1ccccc1. The molecule has 0 N–H and O–H groups in total. The van der Waals surface area contributed by atoms with Gasteiger partial charge >= 0.3 is 0 Å². The smallest absolute Gasteiger partial charge is 0.171 e. The molecule has 0 saturated heterocycles. The Kier molecular flexibility index (Phi) is 5.40. The van der Waals surface area contributed by atoms with Crippen LogP contribution in [0.1, 0.15) is 44.4 Å². The van der Waals surface area contributed by atoms with Gasteiger partial charge in [0.05, 0.1) is 5.92 Å². The molecular formula is C29H21BrO. The molecule has 0 aromatic heterocycles. The zero-order valence-corrected chi connectivity index (χ0v) is 18.5. The highest BCUT2D eigenvalue weighted by molar-refractivity contribution is 9.10. The number of benzene rings is 4. The Hall–Kier alpha value is -3.23. The number of allylic oxidation sites excluding steroid dienone is 1. The van der Waals surface area contributed by atoms with Crippen molar-refractivity contribution in [3.05, 3.63) is 148 Å². The van der Waals surface area contributed by atoms with Crippen LogP contribution in [0.3, 0.4) is 0 Å². The summed E-state index contributed by atoms with van der Waals surface area (Å²) in [6.07, 6.45) is 2.28. The number of Topliss-reactive ketones (excluding diaryl/α,β-unsaturated/α-hetero) is 1. The maximum Gasteiger partial charge on any atom is 0.171 e. The van der Waals surface area contributed by atoms with E-state index in [-0.39, 0.29) is 17.6 Å². The first kappa shape index (κ1) is 19.7. The van der Waals surface area contributed by atoms with E-state index in [0.29, 0.717) is 0 Å². The second-order valence-electron chi connectivity index (χ2n) is 7.82. The highest BCUT2D eigenvalue weighted by Gasteiger charge is 2.36. The van der Waals surface area contributed by atoms with Crippen molar-refractivity contribution in [3.8, 4) is 0 Å². The van der Waals surface area contributed by atoms with E-state index in [0.717, 1.165) is 32.3 Å². The molecule has 0 aliphatic heterocycles. The van der Waals surface area contributed by atoms with E-state index in [2.05, 4.69) is 70.5 Å². The molecule has 1 nitrogen and oxygen atoms in total. The topological polar surface area (TPSA) is 17.1 Å². The van der Waals surface area contributed by atoms with Crippen molar-refractivity contribution < 1.29 is 4.79 Å². The maximum atomic E-state index is 13.8. The van der Waals surface area contributed by atoms with Gasteiger partial charge in [-0.1, -0.05) is 119 Å². The van der Waals surface area contributed by atoms with E-state index in [1.807, 2.05) is 60.7 Å². The van der Waals surface area contributed by atoms with Crippen LogP contribution in [0.4, 0.5) is 0 Å². The summed E-state index contributed by atoms with van der Waals surface area (Å²) in [6.45, 7) is 0. The summed E-state index contributed by atoms with van der Waals surface area (Å²) in [7, 11) is 0. The minimum atomic E-state index is -0.277. The van der Waals surface area contributed by atoms with Crippen LogP contribution in [-0.4, -0.2) is 5.78 Å². The molecule has 0 fully saturated rings. The van der Waals surface area contributed by atoms with Gasteiger partial charge in [-0.3, -0.25) is 4.79 Å². The largest absolute Gasteiger partial charge is 0.293 e. The van der Waals surface area contributed by atoms with Gasteiger partial charge in [0.15, 0.2) is 5.78 Å². The molecule has 0 radical (unpaired) electrons. The molecular weight excluding hydrogens is 444 g/mol. The molecule has 0 saturated carbocycles. The Morgan fingerprint density at radius 2 is 1.32 bits per heavy atom. The third kappa shape index (κ3) is 3.80. The molecule has 4 aromatic carbocycles. The fourth-order valence-corrected chi connectivity index (χ4v) is 4.87. The number of carbonyl (C=O) groups is 1. The molecule has 0 heterocycles. The molecule has 0 amide bonds. The Morgan fingerprint density at radius 1 is 0.710 bits per heavy atom. The molecule has 5 rings (SSSR count). The Morgan fingerprint density at radius 3 is 2.00 bits per heavy atom. The number of hydrogen-bond acceptors (Lipinski definition) is 1. The first-order valence-electron chi connectivity index (χ1n) is 10.4. The summed E-state index contributed by atoms with van der Waals surface area (Å²) in [5, 5.41) is 0. The average Bonchev–Trinajstić information content (AvgIpc) is 2.84. The zero-order valence-electron chi connectivity index (χ0n) is 16.9. The molecule has 0 spiro atoms. The Labute approximate surface area is 191 Å². The van der Waals surface area contributed by atoms with Crippen molar-refractivity contribution in [1.29, 1.82) is 0 Å². The summed E-state index contributed by atoms with van der Waals surface area (Å²) in [5.74, 6) is -0.167. The van der Waals surface area contributed by atoms with Crippen molar-refractivity contribution in [2.45, 2.75) is 11.8 Å². The van der Waals surface area contributed by atoms with Gasteiger partial charge in [-0.15, -0.1) is 0 Å². The lowest BCUT2D eigenvalue weighted by Gasteiger charge is -2.33. The first-order valence-corrected chi connectivity index (χ1v) is 11.2. The van der Waals surface area contributed by atoms with Crippen LogP contribution in [0.5, 0.6) is 0 Å². The quantitative estimate of drug-likeness (QED) is 0.283. The van der Waals surface area contributed by atoms with Crippen LogP contribution in [-0.2, 0) is 0 Å². The molecule has 4 aromatic rings. The standard InChI is InChI=1S/C29H21BrO/c30-23-16-17-24-27(18-23)25(20-10-4-1-5-11-20)19-26(21-12-6-2-7-13-21)28(24)29(31)22-14-8-3-9-15-22/h1-19,26,28H/t26-,28+/m0/s1.